The van der Waals surface area contributed by atoms with Gasteiger partial charge >= 0.3 is 0 Å². The summed E-state index contributed by atoms with van der Waals surface area (Å²) in [7, 11) is 1.45. The van der Waals surface area contributed by atoms with E-state index < -0.39 is 0 Å². The van der Waals surface area contributed by atoms with Gasteiger partial charge in [0.1, 0.15) is 0 Å². The first-order chi connectivity index (χ1) is 9.26. The highest BCUT2D eigenvalue weighted by atomic mass is 19.1. The molecule has 102 valence electrons. The van der Waals surface area contributed by atoms with Gasteiger partial charge in [0.25, 0.3) is 0 Å². The minimum Gasteiger partial charge on any atom is -0.494 e. The number of rotatable bonds is 4. The van der Waals surface area contributed by atoms with Gasteiger partial charge in [-0.25, -0.2) is 4.39 Å². The third-order valence-electron chi connectivity index (χ3n) is 3.44. The van der Waals surface area contributed by atoms with Crippen LogP contribution in [0.5, 0.6) is 5.75 Å². The number of piperazine rings is 1. The molecule has 0 aromatic heterocycles. The molecule has 0 aliphatic carbocycles. The van der Waals surface area contributed by atoms with Crippen LogP contribution in [0.2, 0.25) is 0 Å². The van der Waals surface area contributed by atoms with Gasteiger partial charge in [-0.15, -0.1) is 0 Å². The van der Waals surface area contributed by atoms with Gasteiger partial charge < -0.3 is 10.1 Å². The molecule has 0 spiro atoms. The van der Waals surface area contributed by atoms with Crippen LogP contribution in [0.15, 0.2) is 18.2 Å². The Kier molecular flexibility index (Phi) is 4.72. The van der Waals surface area contributed by atoms with Crippen LogP contribution in [0.3, 0.4) is 0 Å². The lowest BCUT2D eigenvalue weighted by atomic mass is 10.0. The smallest absolute Gasteiger partial charge is 0.165 e. The van der Waals surface area contributed by atoms with Crippen molar-refractivity contribution in [1.82, 2.24) is 10.2 Å². The highest BCUT2D eigenvalue weighted by molar-refractivity contribution is 5.31. The number of nitrogens with one attached hydrogen (secondary N) is 1. The summed E-state index contributed by atoms with van der Waals surface area (Å²) in [4.78, 5) is 2.22. The molecule has 2 rings (SSSR count). The molecule has 1 aliphatic heterocycles. The lowest BCUT2D eigenvalue weighted by Gasteiger charge is -2.34. The molecule has 1 saturated heterocycles. The van der Waals surface area contributed by atoms with Crippen molar-refractivity contribution in [3.63, 3.8) is 0 Å². The summed E-state index contributed by atoms with van der Waals surface area (Å²) in [6.07, 6.45) is 0.367. The fraction of sp³-hybridized carbons (Fsp3) is 0.500. The molecule has 1 aromatic rings. The van der Waals surface area contributed by atoms with Gasteiger partial charge in [-0.1, -0.05) is 6.07 Å². The number of hydrogen-bond acceptors (Lipinski definition) is 4. The normalized spacial score (nSPS) is 17.7. The monoisotopic (exact) mass is 263 g/mol. The molecule has 0 unspecified atom stereocenters. The van der Waals surface area contributed by atoms with Gasteiger partial charge in [-0.05, 0) is 17.7 Å². The Morgan fingerprint density at radius 2 is 2.21 bits per heavy atom. The van der Waals surface area contributed by atoms with Crippen LogP contribution in [0, 0.1) is 17.1 Å². The Morgan fingerprint density at radius 3 is 2.79 bits per heavy atom. The second kappa shape index (κ2) is 6.50. The van der Waals surface area contributed by atoms with E-state index in [-0.39, 0.29) is 17.6 Å². The van der Waals surface area contributed by atoms with Gasteiger partial charge in [0.05, 0.1) is 19.6 Å². The minimum absolute atomic E-state index is 0.0486. The number of halogens is 1. The maximum Gasteiger partial charge on any atom is 0.165 e. The van der Waals surface area contributed by atoms with E-state index in [0.29, 0.717) is 6.42 Å². The van der Waals surface area contributed by atoms with E-state index in [1.54, 1.807) is 6.07 Å². The standard InChI is InChI=1S/C14H18FN3O/c1-19-14-3-2-11(10-12(14)15)13(4-5-16)18-8-6-17-7-9-18/h2-3,10,13,17H,4,6-9H2,1H3/t13-/m1/s1. The van der Waals surface area contributed by atoms with E-state index in [9.17, 15) is 4.39 Å². The molecule has 1 heterocycles. The first kappa shape index (κ1) is 13.8. The molecule has 0 bridgehead atoms. The molecular formula is C14H18FN3O. The third kappa shape index (κ3) is 3.22. The van der Waals surface area contributed by atoms with Crippen molar-refractivity contribution < 1.29 is 9.13 Å². The zero-order valence-corrected chi connectivity index (χ0v) is 11.0. The number of benzene rings is 1. The van der Waals surface area contributed by atoms with E-state index in [1.807, 2.05) is 6.07 Å². The van der Waals surface area contributed by atoms with Crippen LogP contribution in [-0.2, 0) is 0 Å². The third-order valence-corrected chi connectivity index (χ3v) is 3.44. The maximum atomic E-state index is 13.8. The molecule has 5 heteroatoms. The Morgan fingerprint density at radius 1 is 1.47 bits per heavy atom. The maximum absolute atomic E-state index is 13.8. The van der Waals surface area contributed by atoms with E-state index in [4.69, 9.17) is 10.00 Å². The second-order valence-electron chi connectivity index (χ2n) is 4.56. The molecule has 1 fully saturated rings. The highest BCUT2D eigenvalue weighted by Crippen LogP contribution is 2.28. The Balaban J connectivity index is 2.23. The van der Waals surface area contributed by atoms with Crippen LogP contribution in [0.25, 0.3) is 0 Å². The van der Waals surface area contributed by atoms with Crippen LogP contribution >= 0.6 is 0 Å². The van der Waals surface area contributed by atoms with Gasteiger partial charge in [0.2, 0.25) is 0 Å². The average molecular weight is 263 g/mol. The Labute approximate surface area is 112 Å². The first-order valence-corrected chi connectivity index (χ1v) is 6.41. The largest absolute Gasteiger partial charge is 0.494 e. The second-order valence-corrected chi connectivity index (χ2v) is 4.56. The lowest BCUT2D eigenvalue weighted by molar-refractivity contribution is 0.175. The first-order valence-electron chi connectivity index (χ1n) is 6.41. The summed E-state index contributed by atoms with van der Waals surface area (Å²) in [6.45, 7) is 3.56. The number of methoxy groups -OCH3 is 1. The van der Waals surface area contributed by atoms with Crippen molar-refractivity contribution in [2.45, 2.75) is 12.5 Å². The van der Waals surface area contributed by atoms with E-state index in [2.05, 4.69) is 16.3 Å². The zero-order chi connectivity index (χ0) is 13.7. The molecule has 4 nitrogen and oxygen atoms in total. The Hall–Kier alpha value is -1.64. The van der Waals surface area contributed by atoms with Crippen LogP contribution < -0.4 is 10.1 Å². The zero-order valence-electron chi connectivity index (χ0n) is 11.0. The van der Waals surface area contributed by atoms with E-state index >= 15 is 0 Å². The van der Waals surface area contributed by atoms with E-state index in [0.717, 1.165) is 31.7 Å². The fourth-order valence-corrected chi connectivity index (χ4v) is 2.43. The summed E-state index contributed by atoms with van der Waals surface area (Å²) in [5, 5.41) is 12.3. The number of nitriles is 1. The summed E-state index contributed by atoms with van der Waals surface area (Å²) >= 11 is 0. The summed E-state index contributed by atoms with van der Waals surface area (Å²) in [6, 6.07) is 7.08. The molecular weight excluding hydrogens is 245 g/mol. The van der Waals surface area contributed by atoms with Gasteiger partial charge in [-0.2, -0.15) is 5.26 Å². The molecule has 19 heavy (non-hydrogen) atoms. The van der Waals surface area contributed by atoms with E-state index in [1.165, 1.54) is 13.2 Å². The van der Waals surface area contributed by atoms with Crippen molar-refractivity contribution >= 4 is 0 Å². The molecule has 1 aromatic carbocycles. The number of hydrogen-bond donors (Lipinski definition) is 1. The molecule has 0 radical (unpaired) electrons. The van der Waals surface area contributed by atoms with Crippen molar-refractivity contribution in [3.8, 4) is 11.8 Å². The van der Waals surface area contributed by atoms with Crippen LogP contribution in [0.1, 0.15) is 18.0 Å². The van der Waals surface area contributed by atoms with Crippen molar-refractivity contribution in [1.29, 1.82) is 5.26 Å². The number of nitrogens with zero attached hydrogens (tertiary/aromatic N) is 2. The molecule has 0 amide bonds. The summed E-state index contributed by atoms with van der Waals surface area (Å²) in [5.74, 6) is -0.141. The molecule has 1 atom stereocenters. The summed E-state index contributed by atoms with van der Waals surface area (Å²) < 4.78 is 18.7. The Bertz CT molecular complexity index is 466. The topological polar surface area (TPSA) is 48.3 Å². The SMILES string of the molecule is COc1ccc([C@@H](CC#N)N2CCNCC2)cc1F. The van der Waals surface area contributed by atoms with Crippen molar-refractivity contribution in [2.75, 3.05) is 33.3 Å². The summed E-state index contributed by atoms with van der Waals surface area (Å²) in [5.41, 5.74) is 0.835. The van der Waals surface area contributed by atoms with Gasteiger partial charge in [-0.3, -0.25) is 4.90 Å². The molecule has 1 N–H and O–H groups in total. The van der Waals surface area contributed by atoms with Gasteiger partial charge in [0, 0.05) is 32.2 Å². The van der Waals surface area contributed by atoms with Crippen molar-refractivity contribution in [2.24, 2.45) is 0 Å². The fourth-order valence-electron chi connectivity index (χ4n) is 2.43. The highest BCUT2D eigenvalue weighted by Gasteiger charge is 2.22. The predicted octanol–water partition coefficient (Wildman–Crippen LogP) is 1.69. The van der Waals surface area contributed by atoms with Crippen molar-refractivity contribution in [3.05, 3.63) is 29.6 Å². The molecule has 1 aliphatic rings. The number of ether oxygens (including phenoxy) is 1. The average Bonchev–Trinajstić information content (AvgIpc) is 2.45. The molecule has 0 saturated carbocycles. The lowest BCUT2D eigenvalue weighted by Crippen LogP contribution is -2.45. The van der Waals surface area contributed by atoms with Crippen LogP contribution in [0.4, 0.5) is 4.39 Å². The van der Waals surface area contributed by atoms with Crippen LogP contribution in [-0.4, -0.2) is 38.2 Å². The minimum atomic E-state index is -0.377. The van der Waals surface area contributed by atoms with Gasteiger partial charge in [0.15, 0.2) is 11.6 Å². The quantitative estimate of drug-likeness (QED) is 0.898. The predicted molar refractivity (Wildman–Crippen MR) is 70.4 cm³/mol.